The van der Waals surface area contributed by atoms with Gasteiger partial charge in [0.2, 0.25) is 0 Å². The molecule has 1 heterocycles. The van der Waals surface area contributed by atoms with Crippen molar-refractivity contribution < 1.29 is 19.1 Å². The maximum Gasteiger partial charge on any atom is 0.343 e. The molecule has 1 saturated heterocycles. The van der Waals surface area contributed by atoms with Gasteiger partial charge in [-0.25, -0.2) is 14.6 Å². The van der Waals surface area contributed by atoms with Crippen LogP contribution in [0.4, 0.5) is 16.2 Å². The van der Waals surface area contributed by atoms with E-state index in [1.54, 1.807) is 78.9 Å². The summed E-state index contributed by atoms with van der Waals surface area (Å²) in [6.45, 7) is 0.262. The molecule has 0 radical (unpaired) electrons. The zero-order valence-electron chi connectivity index (χ0n) is 19.9. The second kappa shape index (κ2) is 11.0. The molecule has 0 saturated carbocycles. The van der Waals surface area contributed by atoms with Gasteiger partial charge >= 0.3 is 6.03 Å². The Kier molecular flexibility index (Phi) is 7.40. The highest BCUT2D eigenvalue weighted by molar-refractivity contribution is 9.10. The summed E-state index contributed by atoms with van der Waals surface area (Å²) in [5, 5.41) is 0.402. The highest BCUT2D eigenvalue weighted by Gasteiger charge is 2.43. The molecule has 0 aromatic heterocycles. The molecule has 4 aromatic carbocycles. The minimum atomic E-state index is -0.757. The third-order valence-electron chi connectivity index (χ3n) is 5.86. The Balaban J connectivity index is 1.57. The van der Waals surface area contributed by atoms with Gasteiger partial charge in [0.15, 0.2) is 0 Å². The summed E-state index contributed by atoms with van der Waals surface area (Å²) < 4.78 is 6.99. The molecule has 5 rings (SSSR count). The lowest BCUT2D eigenvalue weighted by molar-refractivity contribution is -0.121. The van der Waals surface area contributed by atoms with Crippen molar-refractivity contribution in [3.63, 3.8) is 0 Å². The van der Waals surface area contributed by atoms with Crippen molar-refractivity contribution in [1.82, 2.24) is 0 Å². The molecule has 6 nitrogen and oxygen atoms in total. The van der Waals surface area contributed by atoms with E-state index in [2.05, 4.69) is 15.9 Å². The van der Waals surface area contributed by atoms with Gasteiger partial charge in [0.05, 0.1) is 11.4 Å². The topological polar surface area (TPSA) is 66.9 Å². The Morgan fingerprint density at radius 1 is 0.737 bits per heavy atom. The van der Waals surface area contributed by atoms with Gasteiger partial charge in [-0.1, -0.05) is 76.1 Å². The van der Waals surface area contributed by atoms with Crippen LogP contribution in [0.15, 0.2) is 113 Å². The molecule has 0 bridgehead atoms. The quantitative estimate of drug-likeness (QED) is 0.176. The fraction of sp³-hybridized carbons (Fsp3) is 0.0333. The van der Waals surface area contributed by atoms with E-state index in [1.165, 1.54) is 6.08 Å². The highest BCUT2D eigenvalue weighted by atomic mass is 79.9. The van der Waals surface area contributed by atoms with Crippen LogP contribution in [0.2, 0.25) is 5.02 Å². The molecule has 0 spiro atoms. The number of carbonyl (C=O) groups is 3. The maximum absolute atomic E-state index is 13.6. The first-order valence-electron chi connectivity index (χ1n) is 11.6. The van der Waals surface area contributed by atoms with E-state index < -0.39 is 17.8 Å². The fourth-order valence-corrected chi connectivity index (χ4v) is 4.44. The predicted molar refractivity (Wildman–Crippen MR) is 151 cm³/mol. The Labute approximate surface area is 232 Å². The van der Waals surface area contributed by atoms with Crippen molar-refractivity contribution in [2.45, 2.75) is 6.61 Å². The first-order chi connectivity index (χ1) is 18.4. The Morgan fingerprint density at radius 2 is 1.29 bits per heavy atom. The fourth-order valence-electron chi connectivity index (χ4n) is 4.00. The van der Waals surface area contributed by atoms with E-state index in [4.69, 9.17) is 16.3 Å². The van der Waals surface area contributed by atoms with Crippen LogP contribution in [0.5, 0.6) is 5.75 Å². The van der Waals surface area contributed by atoms with E-state index in [1.807, 2.05) is 24.3 Å². The molecule has 8 heteroatoms. The number of amides is 4. The van der Waals surface area contributed by atoms with E-state index in [9.17, 15) is 14.4 Å². The van der Waals surface area contributed by atoms with Gasteiger partial charge in [-0.3, -0.25) is 9.59 Å². The number of anilines is 2. The van der Waals surface area contributed by atoms with Gasteiger partial charge in [0.25, 0.3) is 11.8 Å². The van der Waals surface area contributed by atoms with Gasteiger partial charge in [0.1, 0.15) is 17.9 Å². The summed E-state index contributed by atoms with van der Waals surface area (Å²) in [6.07, 6.45) is 1.42. The van der Waals surface area contributed by atoms with Crippen molar-refractivity contribution in [2.75, 3.05) is 9.80 Å². The van der Waals surface area contributed by atoms with Gasteiger partial charge in [-0.05, 0) is 66.2 Å². The van der Waals surface area contributed by atoms with Crippen LogP contribution >= 0.6 is 27.5 Å². The second-order valence-electron chi connectivity index (χ2n) is 8.39. The normalized spacial score (nSPS) is 13.6. The van der Waals surface area contributed by atoms with Crippen LogP contribution in [0, 0.1) is 0 Å². The summed E-state index contributed by atoms with van der Waals surface area (Å²) in [5.74, 6) is -1.05. The zero-order valence-corrected chi connectivity index (χ0v) is 22.2. The zero-order chi connectivity index (χ0) is 26.6. The van der Waals surface area contributed by atoms with Gasteiger partial charge in [0, 0.05) is 15.1 Å². The van der Waals surface area contributed by atoms with Crippen molar-refractivity contribution in [1.29, 1.82) is 0 Å². The molecule has 188 valence electrons. The van der Waals surface area contributed by atoms with Crippen LogP contribution in [0.1, 0.15) is 11.1 Å². The third kappa shape index (κ3) is 5.25. The first-order valence-corrected chi connectivity index (χ1v) is 12.8. The Morgan fingerprint density at radius 3 is 1.84 bits per heavy atom. The number of ether oxygens (including phenoxy) is 1. The molecule has 4 aromatic rings. The average molecular weight is 588 g/mol. The number of hydrogen-bond donors (Lipinski definition) is 0. The Bertz CT molecular complexity index is 1480. The molecule has 4 amide bonds. The molecular formula is C30H20BrClN2O4. The standard InChI is InChI=1S/C30H20BrClN2O4/c31-22-13-11-20(12-14-22)19-38-27-16-15-23(32)17-21(27)18-26-28(35)33(24-7-3-1-4-8-24)30(37)34(29(26)36)25-9-5-2-6-10-25/h1-18H,19H2. The second-order valence-corrected chi connectivity index (χ2v) is 9.74. The summed E-state index contributed by atoms with van der Waals surface area (Å²) in [6, 6.07) is 28.8. The highest BCUT2D eigenvalue weighted by Crippen LogP contribution is 2.32. The van der Waals surface area contributed by atoms with E-state index in [-0.39, 0.29) is 12.2 Å². The monoisotopic (exact) mass is 586 g/mol. The number of hydrogen-bond acceptors (Lipinski definition) is 4. The summed E-state index contributed by atoms with van der Waals surface area (Å²) >= 11 is 9.70. The lowest BCUT2D eigenvalue weighted by Crippen LogP contribution is -2.57. The molecule has 1 aliphatic heterocycles. The minimum absolute atomic E-state index is 0.201. The van der Waals surface area contributed by atoms with E-state index in [0.29, 0.717) is 27.7 Å². The Hall–Kier alpha value is -4.20. The number of benzene rings is 4. The minimum Gasteiger partial charge on any atom is -0.488 e. The van der Waals surface area contributed by atoms with Crippen molar-refractivity contribution in [2.24, 2.45) is 0 Å². The van der Waals surface area contributed by atoms with Crippen molar-refractivity contribution in [3.8, 4) is 5.75 Å². The number of nitrogens with zero attached hydrogens (tertiary/aromatic N) is 2. The number of imide groups is 2. The molecule has 0 aliphatic carbocycles. The van der Waals surface area contributed by atoms with E-state index in [0.717, 1.165) is 19.8 Å². The molecule has 0 atom stereocenters. The molecule has 38 heavy (non-hydrogen) atoms. The largest absolute Gasteiger partial charge is 0.488 e. The molecule has 1 aliphatic rings. The van der Waals surface area contributed by atoms with Gasteiger partial charge in [-0.2, -0.15) is 0 Å². The number of barbiturate groups is 1. The van der Waals surface area contributed by atoms with Crippen molar-refractivity contribution in [3.05, 3.63) is 129 Å². The third-order valence-corrected chi connectivity index (χ3v) is 6.62. The summed E-state index contributed by atoms with van der Waals surface area (Å²) in [4.78, 5) is 42.8. The van der Waals surface area contributed by atoms with Crippen LogP contribution in [0.3, 0.4) is 0 Å². The van der Waals surface area contributed by atoms with E-state index >= 15 is 0 Å². The summed E-state index contributed by atoms with van der Waals surface area (Å²) in [7, 11) is 0. The summed E-state index contributed by atoms with van der Waals surface area (Å²) in [5.41, 5.74) is 1.86. The van der Waals surface area contributed by atoms with Crippen LogP contribution in [-0.4, -0.2) is 17.8 Å². The molecule has 1 fully saturated rings. The smallest absolute Gasteiger partial charge is 0.343 e. The number of rotatable bonds is 6. The lowest BCUT2D eigenvalue weighted by Gasteiger charge is -2.34. The number of halogens is 2. The average Bonchev–Trinajstić information content (AvgIpc) is 2.93. The van der Waals surface area contributed by atoms with Gasteiger partial charge in [-0.15, -0.1) is 0 Å². The number of carbonyl (C=O) groups excluding carboxylic acids is 3. The lowest BCUT2D eigenvalue weighted by atomic mass is 10.0. The predicted octanol–water partition coefficient (Wildman–Crippen LogP) is 7.26. The van der Waals surface area contributed by atoms with Crippen molar-refractivity contribution >= 4 is 62.8 Å². The van der Waals surface area contributed by atoms with Gasteiger partial charge < -0.3 is 4.74 Å². The number of urea groups is 1. The number of para-hydroxylation sites is 2. The molecular weight excluding hydrogens is 568 g/mol. The molecule has 0 N–H and O–H groups in total. The molecule has 0 unspecified atom stereocenters. The maximum atomic E-state index is 13.6. The van der Waals surface area contributed by atoms with Crippen LogP contribution in [0.25, 0.3) is 6.08 Å². The first kappa shape index (κ1) is 25.4. The van der Waals surface area contributed by atoms with Crippen LogP contribution < -0.4 is 14.5 Å². The SMILES string of the molecule is O=C1C(=Cc2cc(Cl)ccc2OCc2ccc(Br)cc2)C(=O)N(c2ccccc2)C(=O)N1c1ccccc1. The van der Waals surface area contributed by atoms with Crippen LogP contribution in [-0.2, 0) is 16.2 Å².